The second kappa shape index (κ2) is 6.26. The van der Waals surface area contributed by atoms with Crippen LogP contribution in [-0.2, 0) is 6.54 Å². The zero-order valence-electron chi connectivity index (χ0n) is 11.3. The maximum Gasteiger partial charge on any atom is 0.369 e. The van der Waals surface area contributed by atoms with E-state index in [4.69, 9.17) is 0 Å². The Bertz CT molecular complexity index is 810. The minimum atomic E-state index is -0.355. The summed E-state index contributed by atoms with van der Waals surface area (Å²) in [6.45, 7) is 0.453. The van der Waals surface area contributed by atoms with Crippen LogP contribution in [0.1, 0.15) is 10.5 Å². The fraction of sp³-hybridized carbons (Fsp3) is 0.167. The number of nitrogens with zero attached hydrogens (tertiary/aromatic N) is 6. The molecule has 0 aliphatic carbocycles. The Balaban J connectivity index is 1.61. The number of carbonyl (C=O) groups excluding carboxylic acids is 1. The van der Waals surface area contributed by atoms with Crippen LogP contribution in [0.4, 0.5) is 0 Å². The van der Waals surface area contributed by atoms with Crippen LogP contribution in [0, 0.1) is 0 Å². The normalized spacial score (nSPS) is 10.5. The molecule has 0 aliphatic rings. The van der Waals surface area contributed by atoms with Crippen LogP contribution in [0.15, 0.2) is 40.9 Å². The van der Waals surface area contributed by atoms with Crippen molar-refractivity contribution < 1.29 is 4.79 Å². The predicted octanol–water partition coefficient (Wildman–Crippen LogP) is -0.290. The monoisotopic (exact) mass is 317 g/mol. The molecule has 0 unspecified atom stereocenters. The first-order valence-corrected chi connectivity index (χ1v) is 7.24. The predicted molar refractivity (Wildman–Crippen MR) is 77.9 cm³/mol. The molecule has 10 heteroatoms. The third-order valence-electron chi connectivity index (χ3n) is 2.76. The van der Waals surface area contributed by atoms with E-state index < -0.39 is 0 Å². The van der Waals surface area contributed by atoms with Crippen LogP contribution in [0.5, 0.6) is 0 Å². The molecule has 112 valence electrons. The number of aromatic nitrogens is 6. The molecule has 3 rings (SSSR count). The number of tetrazole rings is 1. The molecule has 0 bridgehead atoms. The third-order valence-corrected chi connectivity index (χ3v) is 3.60. The Morgan fingerprint density at radius 1 is 1.32 bits per heavy atom. The van der Waals surface area contributed by atoms with E-state index in [0.717, 1.165) is 0 Å². The fourth-order valence-electron chi connectivity index (χ4n) is 1.73. The van der Waals surface area contributed by atoms with Crippen molar-refractivity contribution in [3.05, 3.63) is 52.3 Å². The summed E-state index contributed by atoms with van der Waals surface area (Å²) in [5.74, 6) is -0.355. The largest absolute Gasteiger partial charge is 0.369 e. The topological polar surface area (TPSA) is 108 Å². The SMILES string of the molecule is O=C(NCCn1nnn(-c2cccs2)c1=O)c1cnccn1. The Morgan fingerprint density at radius 3 is 2.95 bits per heavy atom. The van der Waals surface area contributed by atoms with Gasteiger partial charge in [-0.25, -0.2) is 9.78 Å². The first kappa shape index (κ1) is 14.1. The summed E-state index contributed by atoms with van der Waals surface area (Å²) in [7, 11) is 0. The first-order valence-electron chi connectivity index (χ1n) is 6.36. The van der Waals surface area contributed by atoms with Gasteiger partial charge in [-0.05, 0) is 27.9 Å². The summed E-state index contributed by atoms with van der Waals surface area (Å²) in [6.07, 6.45) is 4.29. The van der Waals surface area contributed by atoms with E-state index in [1.54, 1.807) is 6.07 Å². The number of carbonyl (C=O) groups is 1. The Kier molecular flexibility index (Phi) is 4.01. The van der Waals surface area contributed by atoms with Gasteiger partial charge in [-0.15, -0.1) is 11.3 Å². The summed E-state index contributed by atoms with van der Waals surface area (Å²) in [5, 5.41) is 12.8. The number of thiophene rings is 1. The number of hydrogen-bond donors (Lipinski definition) is 1. The molecule has 0 saturated carbocycles. The van der Waals surface area contributed by atoms with Gasteiger partial charge >= 0.3 is 5.69 Å². The molecule has 0 aliphatic heterocycles. The van der Waals surface area contributed by atoms with Gasteiger partial charge in [0, 0.05) is 18.9 Å². The second-order valence-electron chi connectivity index (χ2n) is 4.19. The summed E-state index contributed by atoms with van der Waals surface area (Å²) in [4.78, 5) is 31.6. The summed E-state index contributed by atoms with van der Waals surface area (Å²) < 4.78 is 2.41. The number of amides is 1. The zero-order chi connectivity index (χ0) is 15.4. The van der Waals surface area contributed by atoms with E-state index in [-0.39, 0.29) is 30.4 Å². The van der Waals surface area contributed by atoms with Crippen molar-refractivity contribution in [1.29, 1.82) is 0 Å². The molecule has 3 aromatic rings. The van der Waals surface area contributed by atoms with Gasteiger partial charge in [-0.3, -0.25) is 9.78 Å². The van der Waals surface area contributed by atoms with Crippen molar-refractivity contribution in [2.75, 3.05) is 6.54 Å². The van der Waals surface area contributed by atoms with Gasteiger partial charge in [0.15, 0.2) is 0 Å². The van der Waals surface area contributed by atoms with E-state index in [1.807, 2.05) is 11.4 Å². The Hall–Kier alpha value is -2.88. The number of nitrogens with one attached hydrogen (secondary N) is 1. The molecule has 0 spiro atoms. The lowest BCUT2D eigenvalue weighted by Crippen LogP contribution is -2.32. The van der Waals surface area contributed by atoms with Crippen molar-refractivity contribution in [2.24, 2.45) is 0 Å². The van der Waals surface area contributed by atoms with Crippen molar-refractivity contribution >= 4 is 17.2 Å². The molecule has 0 atom stereocenters. The van der Waals surface area contributed by atoms with E-state index in [1.165, 1.54) is 39.3 Å². The highest BCUT2D eigenvalue weighted by Gasteiger charge is 2.10. The molecule has 0 aromatic carbocycles. The molecular formula is C12H11N7O2S. The summed E-state index contributed by atoms with van der Waals surface area (Å²) in [6, 6.07) is 3.60. The molecule has 3 aromatic heterocycles. The average molecular weight is 317 g/mol. The van der Waals surface area contributed by atoms with E-state index >= 15 is 0 Å². The number of rotatable bonds is 5. The minimum absolute atomic E-state index is 0.218. The van der Waals surface area contributed by atoms with Crippen molar-refractivity contribution in [3.8, 4) is 5.00 Å². The van der Waals surface area contributed by atoms with Gasteiger partial charge in [0.05, 0.1) is 12.7 Å². The molecule has 9 nitrogen and oxygen atoms in total. The highest BCUT2D eigenvalue weighted by Crippen LogP contribution is 2.10. The van der Waals surface area contributed by atoms with E-state index in [9.17, 15) is 9.59 Å². The fourth-order valence-corrected chi connectivity index (χ4v) is 2.39. The highest BCUT2D eigenvalue weighted by molar-refractivity contribution is 7.12. The lowest BCUT2D eigenvalue weighted by atomic mass is 10.4. The van der Waals surface area contributed by atoms with Crippen LogP contribution in [0.25, 0.3) is 5.00 Å². The molecular weight excluding hydrogens is 306 g/mol. The second-order valence-corrected chi connectivity index (χ2v) is 5.12. The van der Waals surface area contributed by atoms with Crippen molar-refractivity contribution in [1.82, 2.24) is 35.1 Å². The number of hydrogen-bond acceptors (Lipinski definition) is 7. The van der Waals surface area contributed by atoms with Crippen molar-refractivity contribution in [2.45, 2.75) is 6.54 Å². The van der Waals surface area contributed by atoms with Gasteiger partial charge in [-0.2, -0.15) is 9.36 Å². The lowest BCUT2D eigenvalue weighted by molar-refractivity contribution is 0.0946. The van der Waals surface area contributed by atoms with Crippen LogP contribution < -0.4 is 11.0 Å². The van der Waals surface area contributed by atoms with Crippen molar-refractivity contribution in [3.63, 3.8) is 0 Å². The maximum atomic E-state index is 12.1. The quantitative estimate of drug-likeness (QED) is 0.693. The highest BCUT2D eigenvalue weighted by atomic mass is 32.1. The maximum absolute atomic E-state index is 12.1. The van der Waals surface area contributed by atoms with Crippen LogP contribution >= 0.6 is 11.3 Å². The zero-order valence-corrected chi connectivity index (χ0v) is 12.1. The smallest absolute Gasteiger partial charge is 0.349 e. The van der Waals surface area contributed by atoms with Gasteiger partial charge in [-0.1, -0.05) is 0 Å². The van der Waals surface area contributed by atoms with Crippen LogP contribution in [0.3, 0.4) is 0 Å². The van der Waals surface area contributed by atoms with E-state index in [2.05, 4.69) is 25.7 Å². The van der Waals surface area contributed by atoms with Gasteiger partial charge in [0.25, 0.3) is 5.91 Å². The van der Waals surface area contributed by atoms with Gasteiger partial charge in [0.1, 0.15) is 10.7 Å². The van der Waals surface area contributed by atoms with E-state index in [0.29, 0.717) is 5.00 Å². The van der Waals surface area contributed by atoms with Crippen LogP contribution in [0.2, 0.25) is 0 Å². The van der Waals surface area contributed by atoms with Crippen LogP contribution in [-0.4, -0.2) is 42.2 Å². The molecule has 0 radical (unpaired) electrons. The summed E-state index contributed by atoms with van der Waals surface area (Å²) in [5.41, 5.74) is -0.131. The average Bonchev–Trinajstić information content (AvgIpc) is 3.18. The molecule has 1 amide bonds. The molecule has 22 heavy (non-hydrogen) atoms. The van der Waals surface area contributed by atoms with Gasteiger partial charge < -0.3 is 5.32 Å². The Morgan fingerprint density at radius 2 is 2.23 bits per heavy atom. The van der Waals surface area contributed by atoms with Gasteiger partial charge in [0.2, 0.25) is 0 Å². The minimum Gasteiger partial charge on any atom is -0.349 e. The molecule has 0 fully saturated rings. The Labute approximate surface area is 128 Å². The summed E-state index contributed by atoms with van der Waals surface area (Å²) >= 11 is 1.39. The standard InChI is InChI=1S/C12H11N7O2S/c20-11(9-8-13-3-4-14-9)15-5-6-18-12(21)19(17-16-18)10-2-1-7-22-10/h1-4,7-8H,5-6H2,(H,15,20). The molecule has 1 N–H and O–H groups in total. The molecule has 3 heterocycles. The third kappa shape index (κ3) is 2.91. The molecule has 0 saturated heterocycles. The first-order chi connectivity index (χ1) is 10.8. The lowest BCUT2D eigenvalue weighted by Gasteiger charge is -2.02.